The van der Waals surface area contributed by atoms with Gasteiger partial charge in [0.05, 0.1) is 0 Å². The Hall–Kier alpha value is -3.28. The number of hydrogen-bond donors (Lipinski definition) is 2. The fourth-order valence-corrected chi connectivity index (χ4v) is 2.59. The summed E-state index contributed by atoms with van der Waals surface area (Å²) in [5.41, 5.74) is 4.42. The number of benzene rings is 1. The Bertz CT molecular complexity index is 858. The standard InChI is InChI=1S/C20H21N5O/c1-14-13-15(2)24-20(23-14)25-18-5-3-17(4-6-18)19(26)22-12-9-16-7-10-21-11-8-16/h3-8,10-11,13H,9,12H2,1-2H3,(H,22,26)(H,23,24,25). The van der Waals surface area contributed by atoms with Gasteiger partial charge in [0.15, 0.2) is 0 Å². The SMILES string of the molecule is Cc1cc(C)nc(Nc2ccc(C(=O)NCCc3ccncc3)cc2)n1. The Morgan fingerprint density at radius 1 is 0.962 bits per heavy atom. The first-order valence-corrected chi connectivity index (χ1v) is 8.46. The van der Waals surface area contributed by atoms with Crippen LogP contribution in [0.3, 0.4) is 0 Å². The number of nitrogens with zero attached hydrogens (tertiary/aromatic N) is 3. The fourth-order valence-electron chi connectivity index (χ4n) is 2.59. The lowest BCUT2D eigenvalue weighted by Crippen LogP contribution is -2.25. The zero-order valence-corrected chi connectivity index (χ0v) is 14.9. The van der Waals surface area contributed by atoms with Crippen LogP contribution in [0.25, 0.3) is 0 Å². The molecule has 2 heterocycles. The summed E-state index contributed by atoms with van der Waals surface area (Å²) >= 11 is 0. The van der Waals surface area contributed by atoms with Crippen molar-refractivity contribution in [1.82, 2.24) is 20.3 Å². The number of aryl methyl sites for hydroxylation is 2. The molecule has 132 valence electrons. The Morgan fingerprint density at radius 3 is 2.27 bits per heavy atom. The van der Waals surface area contributed by atoms with Gasteiger partial charge in [0.1, 0.15) is 0 Å². The minimum Gasteiger partial charge on any atom is -0.352 e. The maximum atomic E-state index is 12.2. The minimum absolute atomic E-state index is 0.0896. The van der Waals surface area contributed by atoms with Crippen molar-refractivity contribution in [2.75, 3.05) is 11.9 Å². The average Bonchev–Trinajstić information content (AvgIpc) is 2.62. The van der Waals surface area contributed by atoms with E-state index in [-0.39, 0.29) is 5.91 Å². The van der Waals surface area contributed by atoms with Crippen LogP contribution < -0.4 is 10.6 Å². The van der Waals surface area contributed by atoms with Gasteiger partial charge in [-0.3, -0.25) is 9.78 Å². The molecular weight excluding hydrogens is 326 g/mol. The molecule has 3 aromatic rings. The predicted molar refractivity (Wildman–Crippen MR) is 102 cm³/mol. The van der Waals surface area contributed by atoms with Crippen molar-refractivity contribution < 1.29 is 4.79 Å². The highest BCUT2D eigenvalue weighted by atomic mass is 16.1. The van der Waals surface area contributed by atoms with Crippen molar-refractivity contribution >= 4 is 17.5 Å². The van der Waals surface area contributed by atoms with Gasteiger partial charge in [0.25, 0.3) is 5.91 Å². The van der Waals surface area contributed by atoms with E-state index in [9.17, 15) is 4.79 Å². The molecule has 6 heteroatoms. The van der Waals surface area contributed by atoms with Crippen molar-refractivity contribution in [3.63, 3.8) is 0 Å². The van der Waals surface area contributed by atoms with Crippen molar-refractivity contribution in [3.05, 3.63) is 77.4 Å². The van der Waals surface area contributed by atoms with E-state index in [0.29, 0.717) is 18.1 Å². The Labute approximate surface area is 152 Å². The van der Waals surface area contributed by atoms with Gasteiger partial charge >= 0.3 is 0 Å². The largest absolute Gasteiger partial charge is 0.352 e. The number of anilines is 2. The maximum absolute atomic E-state index is 12.2. The molecule has 1 aromatic carbocycles. The van der Waals surface area contributed by atoms with E-state index in [1.165, 1.54) is 0 Å². The van der Waals surface area contributed by atoms with Crippen molar-refractivity contribution in [2.24, 2.45) is 0 Å². The molecule has 0 bridgehead atoms. The molecule has 2 N–H and O–H groups in total. The van der Waals surface area contributed by atoms with Gasteiger partial charge in [-0.05, 0) is 68.3 Å². The average molecular weight is 347 g/mol. The van der Waals surface area contributed by atoms with E-state index in [2.05, 4.69) is 25.6 Å². The third kappa shape index (κ3) is 4.86. The fraction of sp³-hybridized carbons (Fsp3) is 0.200. The van der Waals surface area contributed by atoms with Crippen LogP contribution in [-0.2, 0) is 6.42 Å². The summed E-state index contributed by atoms with van der Waals surface area (Å²) in [5, 5.41) is 6.08. The van der Waals surface area contributed by atoms with Crippen LogP contribution in [-0.4, -0.2) is 27.4 Å². The zero-order chi connectivity index (χ0) is 18.4. The second-order valence-electron chi connectivity index (χ2n) is 6.04. The first-order chi connectivity index (χ1) is 12.6. The summed E-state index contributed by atoms with van der Waals surface area (Å²) < 4.78 is 0. The van der Waals surface area contributed by atoms with E-state index in [4.69, 9.17) is 0 Å². The molecule has 2 aromatic heterocycles. The van der Waals surface area contributed by atoms with Crippen LogP contribution in [0.1, 0.15) is 27.3 Å². The highest BCUT2D eigenvalue weighted by Crippen LogP contribution is 2.15. The van der Waals surface area contributed by atoms with Gasteiger partial charge < -0.3 is 10.6 Å². The minimum atomic E-state index is -0.0896. The number of pyridine rings is 1. The third-order valence-electron chi connectivity index (χ3n) is 3.83. The maximum Gasteiger partial charge on any atom is 0.251 e. The van der Waals surface area contributed by atoms with Crippen LogP contribution >= 0.6 is 0 Å². The molecule has 0 unspecified atom stereocenters. The lowest BCUT2D eigenvalue weighted by atomic mass is 10.1. The smallest absolute Gasteiger partial charge is 0.251 e. The highest BCUT2D eigenvalue weighted by Gasteiger charge is 2.06. The summed E-state index contributed by atoms with van der Waals surface area (Å²) in [6.07, 6.45) is 4.28. The normalized spacial score (nSPS) is 10.4. The summed E-state index contributed by atoms with van der Waals surface area (Å²) in [6.45, 7) is 4.44. The zero-order valence-electron chi connectivity index (χ0n) is 14.9. The number of hydrogen-bond acceptors (Lipinski definition) is 5. The number of aromatic nitrogens is 3. The first-order valence-electron chi connectivity index (χ1n) is 8.46. The topological polar surface area (TPSA) is 79.8 Å². The van der Waals surface area contributed by atoms with E-state index < -0.39 is 0 Å². The van der Waals surface area contributed by atoms with Crippen LogP contribution in [0.5, 0.6) is 0 Å². The third-order valence-corrected chi connectivity index (χ3v) is 3.83. The number of rotatable bonds is 6. The van der Waals surface area contributed by atoms with Crippen LogP contribution in [0.2, 0.25) is 0 Å². The summed E-state index contributed by atoms with van der Waals surface area (Å²) in [5.74, 6) is 0.463. The monoisotopic (exact) mass is 347 g/mol. The molecule has 26 heavy (non-hydrogen) atoms. The summed E-state index contributed by atoms with van der Waals surface area (Å²) in [7, 11) is 0. The molecule has 3 rings (SSSR count). The van der Waals surface area contributed by atoms with E-state index >= 15 is 0 Å². The first kappa shape index (κ1) is 17.5. The van der Waals surface area contributed by atoms with Gasteiger partial charge in [-0.2, -0.15) is 0 Å². The van der Waals surface area contributed by atoms with Gasteiger partial charge in [-0.25, -0.2) is 9.97 Å². The van der Waals surface area contributed by atoms with Gasteiger partial charge in [0.2, 0.25) is 5.95 Å². The van der Waals surface area contributed by atoms with Gasteiger partial charge in [0, 0.05) is 41.6 Å². The Morgan fingerprint density at radius 2 is 1.62 bits per heavy atom. The molecule has 6 nitrogen and oxygen atoms in total. The number of nitrogens with one attached hydrogen (secondary N) is 2. The molecule has 0 spiro atoms. The number of carbonyl (C=O) groups excluding carboxylic acids is 1. The van der Waals surface area contributed by atoms with Gasteiger partial charge in [-0.1, -0.05) is 0 Å². The molecule has 0 radical (unpaired) electrons. The van der Waals surface area contributed by atoms with Crippen molar-refractivity contribution in [2.45, 2.75) is 20.3 Å². The van der Waals surface area contributed by atoms with Gasteiger partial charge in [-0.15, -0.1) is 0 Å². The predicted octanol–water partition coefficient (Wildman–Crippen LogP) is 3.20. The number of amides is 1. The highest BCUT2D eigenvalue weighted by molar-refractivity contribution is 5.94. The lowest BCUT2D eigenvalue weighted by molar-refractivity contribution is 0.0954. The molecular formula is C20H21N5O. The molecule has 0 fully saturated rings. The number of carbonyl (C=O) groups is 1. The van der Waals surface area contributed by atoms with Crippen molar-refractivity contribution in [1.29, 1.82) is 0 Å². The second kappa shape index (κ2) is 8.20. The quantitative estimate of drug-likeness (QED) is 0.716. The molecule has 0 saturated heterocycles. The van der Waals surface area contributed by atoms with Crippen LogP contribution in [0.4, 0.5) is 11.6 Å². The molecule has 0 aliphatic carbocycles. The lowest BCUT2D eigenvalue weighted by Gasteiger charge is -2.08. The van der Waals surface area contributed by atoms with E-state index in [0.717, 1.165) is 29.1 Å². The molecule has 0 saturated carbocycles. The van der Waals surface area contributed by atoms with E-state index in [1.54, 1.807) is 24.5 Å². The summed E-state index contributed by atoms with van der Waals surface area (Å²) in [4.78, 5) is 24.9. The van der Waals surface area contributed by atoms with Crippen molar-refractivity contribution in [3.8, 4) is 0 Å². The second-order valence-corrected chi connectivity index (χ2v) is 6.04. The Balaban J connectivity index is 1.55. The Kier molecular flexibility index (Phi) is 5.53. The summed E-state index contributed by atoms with van der Waals surface area (Å²) in [6, 6.07) is 13.1. The molecule has 0 aliphatic rings. The molecule has 0 atom stereocenters. The molecule has 0 aliphatic heterocycles. The van der Waals surface area contributed by atoms with Crippen LogP contribution in [0, 0.1) is 13.8 Å². The van der Waals surface area contributed by atoms with E-state index in [1.807, 2.05) is 44.2 Å². The van der Waals surface area contributed by atoms with Crippen LogP contribution in [0.15, 0.2) is 54.9 Å². The molecule has 1 amide bonds.